The molecule has 0 radical (unpaired) electrons. The Morgan fingerprint density at radius 3 is 2.89 bits per heavy atom. The second kappa shape index (κ2) is 5.09. The molecule has 1 aromatic rings. The highest BCUT2D eigenvalue weighted by Gasteiger charge is 2.40. The van der Waals surface area contributed by atoms with Gasteiger partial charge in [0.1, 0.15) is 5.54 Å². The molecular formula is C13H16ClN3O2. The average Bonchev–Trinajstić information content (AvgIpc) is 2.32. The molecule has 5 nitrogen and oxygen atoms in total. The third-order valence-corrected chi connectivity index (χ3v) is 3.41. The van der Waals surface area contributed by atoms with Crippen molar-refractivity contribution in [2.45, 2.75) is 19.4 Å². The highest BCUT2D eigenvalue weighted by molar-refractivity contribution is 6.30. The van der Waals surface area contributed by atoms with E-state index in [4.69, 9.17) is 11.6 Å². The predicted molar refractivity (Wildman–Crippen MR) is 74.3 cm³/mol. The molecule has 3 amide bonds. The topological polar surface area (TPSA) is 61.4 Å². The van der Waals surface area contributed by atoms with Gasteiger partial charge >= 0.3 is 6.03 Å². The summed E-state index contributed by atoms with van der Waals surface area (Å²) in [5.74, 6) is -0.153. The Morgan fingerprint density at radius 2 is 2.21 bits per heavy atom. The number of rotatable bonds is 1. The minimum atomic E-state index is -0.860. The van der Waals surface area contributed by atoms with Crippen molar-refractivity contribution in [2.24, 2.45) is 0 Å². The largest absolute Gasteiger partial charge is 0.352 e. The van der Waals surface area contributed by atoms with Crippen molar-refractivity contribution in [3.63, 3.8) is 0 Å². The normalized spacial score (nSPS) is 17.8. The van der Waals surface area contributed by atoms with Crippen LogP contribution in [0.1, 0.15) is 13.8 Å². The number of benzene rings is 1. The maximum atomic E-state index is 12.2. The second-order valence-corrected chi connectivity index (χ2v) is 5.34. The van der Waals surface area contributed by atoms with Gasteiger partial charge in [0.15, 0.2) is 0 Å². The predicted octanol–water partition coefficient (Wildman–Crippen LogP) is 2.08. The van der Waals surface area contributed by atoms with Gasteiger partial charge < -0.3 is 15.5 Å². The summed E-state index contributed by atoms with van der Waals surface area (Å²) in [6.07, 6.45) is 0. The molecule has 0 aliphatic carbocycles. The van der Waals surface area contributed by atoms with Gasteiger partial charge in [-0.15, -0.1) is 0 Å². The first kappa shape index (κ1) is 13.7. The van der Waals surface area contributed by atoms with Crippen LogP contribution >= 0.6 is 11.6 Å². The fourth-order valence-electron chi connectivity index (χ4n) is 2.01. The summed E-state index contributed by atoms with van der Waals surface area (Å²) in [6.45, 7) is 4.38. The van der Waals surface area contributed by atoms with E-state index < -0.39 is 5.54 Å². The van der Waals surface area contributed by atoms with Crippen LogP contribution in [0.5, 0.6) is 0 Å². The summed E-state index contributed by atoms with van der Waals surface area (Å²) < 4.78 is 0. The lowest BCUT2D eigenvalue weighted by Crippen LogP contribution is -2.64. The molecule has 1 fully saturated rings. The van der Waals surface area contributed by atoms with Gasteiger partial charge in [-0.3, -0.25) is 4.79 Å². The first-order chi connectivity index (χ1) is 8.91. The summed E-state index contributed by atoms with van der Waals surface area (Å²) in [5.41, 5.74) is -0.250. The molecule has 0 aromatic heterocycles. The first-order valence-corrected chi connectivity index (χ1v) is 6.41. The third-order valence-electron chi connectivity index (χ3n) is 3.17. The van der Waals surface area contributed by atoms with E-state index in [1.54, 1.807) is 38.1 Å². The van der Waals surface area contributed by atoms with Gasteiger partial charge in [0.25, 0.3) is 0 Å². The summed E-state index contributed by atoms with van der Waals surface area (Å²) in [7, 11) is 0. The van der Waals surface area contributed by atoms with Crippen LogP contribution in [0.15, 0.2) is 24.3 Å². The molecular weight excluding hydrogens is 266 g/mol. The number of halogens is 1. The van der Waals surface area contributed by atoms with Gasteiger partial charge in [0, 0.05) is 23.8 Å². The Labute approximate surface area is 116 Å². The molecule has 6 heteroatoms. The van der Waals surface area contributed by atoms with Crippen LogP contribution in [0.2, 0.25) is 5.02 Å². The number of nitrogens with one attached hydrogen (secondary N) is 2. The molecule has 0 atom stereocenters. The van der Waals surface area contributed by atoms with E-state index >= 15 is 0 Å². The number of nitrogens with zero attached hydrogens (tertiary/aromatic N) is 1. The number of hydrogen-bond acceptors (Lipinski definition) is 2. The Bertz CT molecular complexity index is 516. The molecule has 1 aliphatic rings. The highest BCUT2D eigenvalue weighted by atomic mass is 35.5. The first-order valence-electron chi connectivity index (χ1n) is 6.04. The van der Waals surface area contributed by atoms with Crippen LogP contribution in [-0.2, 0) is 4.79 Å². The number of anilines is 1. The molecule has 0 bridgehead atoms. The summed E-state index contributed by atoms with van der Waals surface area (Å²) in [5, 5.41) is 6.05. The molecule has 0 spiro atoms. The van der Waals surface area contributed by atoms with Crippen LogP contribution < -0.4 is 10.6 Å². The number of carbonyl (C=O) groups is 2. The zero-order chi connectivity index (χ0) is 14.0. The van der Waals surface area contributed by atoms with Crippen molar-refractivity contribution < 1.29 is 9.59 Å². The Hall–Kier alpha value is -1.75. The van der Waals surface area contributed by atoms with Gasteiger partial charge in [-0.2, -0.15) is 0 Å². The number of amides is 3. The van der Waals surface area contributed by atoms with E-state index in [9.17, 15) is 9.59 Å². The molecule has 19 heavy (non-hydrogen) atoms. The third kappa shape index (κ3) is 2.81. The minimum Gasteiger partial charge on any atom is -0.352 e. The van der Waals surface area contributed by atoms with Crippen molar-refractivity contribution >= 4 is 29.2 Å². The van der Waals surface area contributed by atoms with E-state index in [-0.39, 0.29) is 11.9 Å². The van der Waals surface area contributed by atoms with Crippen LogP contribution in [0.4, 0.5) is 10.5 Å². The van der Waals surface area contributed by atoms with E-state index in [1.807, 2.05) is 0 Å². The van der Waals surface area contributed by atoms with E-state index in [0.29, 0.717) is 23.8 Å². The fourth-order valence-corrected chi connectivity index (χ4v) is 2.20. The second-order valence-electron chi connectivity index (χ2n) is 4.91. The maximum absolute atomic E-state index is 12.2. The van der Waals surface area contributed by atoms with Crippen molar-refractivity contribution in [3.05, 3.63) is 29.3 Å². The highest BCUT2D eigenvalue weighted by Crippen LogP contribution is 2.20. The summed E-state index contributed by atoms with van der Waals surface area (Å²) >= 11 is 5.86. The quantitative estimate of drug-likeness (QED) is 0.828. The van der Waals surface area contributed by atoms with Crippen LogP contribution in [0, 0.1) is 0 Å². The monoisotopic (exact) mass is 281 g/mol. The van der Waals surface area contributed by atoms with Gasteiger partial charge in [-0.05, 0) is 32.0 Å². The lowest BCUT2D eigenvalue weighted by molar-refractivity contribution is -0.132. The molecule has 1 aromatic carbocycles. The number of hydrogen-bond donors (Lipinski definition) is 2. The number of carbonyl (C=O) groups excluding carboxylic acids is 2. The smallest absolute Gasteiger partial charge is 0.322 e. The van der Waals surface area contributed by atoms with Crippen molar-refractivity contribution in [3.8, 4) is 0 Å². The van der Waals surface area contributed by atoms with Crippen LogP contribution in [0.3, 0.4) is 0 Å². The van der Waals surface area contributed by atoms with E-state index in [1.165, 1.54) is 4.90 Å². The average molecular weight is 282 g/mol. The maximum Gasteiger partial charge on any atom is 0.322 e. The molecule has 1 aliphatic heterocycles. The van der Waals surface area contributed by atoms with Gasteiger partial charge in [-0.1, -0.05) is 17.7 Å². The van der Waals surface area contributed by atoms with Crippen molar-refractivity contribution in [1.82, 2.24) is 10.2 Å². The standard InChI is InChI=1S/C13H16ClN3O2/c1-13(2)11(18)15-6-7-17(13)12(19)16-10-5-3-4-9(14)8-10/h3-5,8H,6-7H2,1-2H3,(H,15,18)(H,16,19). The van der Waals surface area contributed by atoms with Crippen molar-refractivity contribution in [1.29, 1.82) is 0 Å². The van der Waals surface area contributed by atoms with Crippen molar-refractivity contribution in [2.75, 3.05) is 18.4 Å². The zero-order valence-electron chi connectivity index (χ0n) is 10.9. The Balaban J connectivity index is 2.13. The minimum absolute atomic E-state index is 0.153. The van der Waals surface area contributed by atoms with E-state index in [2.05, 4.69) is 10.6 Å². The number of piperazine rings is 1. The molecule has 2 rings (SSSR count). The van der Waals surface area contributed by atoms with Gasteiger partial charge in [0.05, 0.1) is 0 Å². The zero-order valence-corrected chi connectivity index (χ0v) is 11.6. The fraction of sp³-hybridized carbons (Fsp3) is 0.385. The molecule has 0 unspecified atom stereocenters. The van der Waals surface area contributed by atoms with Crippen LogP contribution in [0.25, 0.3) is 0 Å². The SMILES string of the molecule is CC1(C)C(=O)NCCN1C(=O)Nc1cccc(Cl)c1. The lowest BCUT2D eigenvalue weighted by Gasteiger charge is -2.40. The molecule has 102 valence electrons. The van der Waals surface area contributed by atoms with Gasteiger partial charge in [-0.25, -0.2) is 4.79 Å². The van der Waals surface area contributed by atoms with Crippen LogP contribution in [-0.4, -0.2) is 35.5 Å². The Morgan fingerprint density at radius 1 is 1.47 bits per heavy atom. The van der Waals surface area contributed by atoms with Gasteiger partial charge in [0.2, 0.25) is 5.91 Å². The molecule has 2 N–H and O–H groups in total. The summed E-state index contributed by atoms with van der Waals surface area (Å²) in [6, 6.07) is 6.60. The number of urea groups is 1. The Kier molecular flexibility index (Phi) is 3.66. The van der Waals surface area contributed by atoms with E-state index in [0.717, 1.165) is 0 Å². The molecule has 1 heterocycles. The lowest BCUT2D eigenvalue weighted by atomic mass is 9.99. The molecule has 0 saturated carbocycles. The summed E-state index contributed by atoms with van der Waals surface area (Å²) in [4.78, 5) is 25.5. The molecule has 1 saturated heterocycles.